The molecule has 5 heteroatoms. The van der Waals surface area contributed by atoms with Gasteiger partial charge in [-0.25, -0.2) is 4.98 Å². The van der Waals surface area contributed by atoms with Crippen molar-refractivity contribution < 1.29 is 9.47 Å². The van der Waals surface area contributed by atoms with E-state index < -0.39 is 0 Å². The van der Waals surface area contributed by atoms with Crippen molar-refractivity contribution in [2.75, 3.05) is 25.1 Å². The molecule has 1 aromatic heterocycles. The second kappa shape index (κ2) is 7.51. The Morgan fingerprint density at radius 1 is 1.14 bits per heavy atom. The van der Waals surface area contributed by atoms with E-state index in [1.807, 2.05) is 6.20 Å². The molecule has 1 saturated heterocycles. The highest BCUT2D eigenvalue weighted by Gasteiger charge is 2.42. The smallest absolute Gasteiger partial charge is 0.131 e. The van der Waals surface area contributed by atoms with E-state index >= 15 is 0 Å². The van der Waals surface area contributed by atoms with Crippen LogP contribution in [0.15, 0.2) is 42.6 Å². The van der Waals surface area contributed by atoms with E-state index in [2.05, 4.69) is 46.7 Å². The topological polar surface area (TPSA) is 43.4 Å². The largest absolute Gasteiger partial charge is 0.381 e. The quantitative estimate of drug-likeness (QED) is 0.729. The van der Waals surface area contributed by atoms with Crippen molar-refractivity contribution in [1.29, 1.82) is 0 Å². The highest BCUT2D eigenvalue weighted by molar-refractivity contribution is 6.34. The van der Waals surface area contributed by atoms with Crippen molar-refractivity contribution >= 4 is 17.4 Å². The molecule has 2 aliphatic heterocycles. The SMILES string of the molecule is Clc1c(-c2ccc(COC3CCOCC3)cc2)cnc2c1C1(CC=CC1)CN2. The van der Waals surface area contributed by atoms with E-state index in [0.717, 1.165) is 67.4 Å². The second-order valence-electron chi connectivity index (χ2n) is 8.04. The number of allylic oxidation sites excluding steroid dienone is 2. The van der Waals surface area contributed by atoms with Crippen LogP contribution in [0.4, 0.5) is 5.82 Å². The van der Waals surface area contributed by atoms with Gasteiger partial charge in [-0.05, 0) is 36.8 Å². The van der Waals surface area contributed by atoms with Gasteiger partial charge in [0.15, 0.2) is 0 Å². The fourth-order valence-electron chi connectivity index (χ4n) is 4.54. The van der Waals surface area contributed by atoms with E-state index in [1.54, 1.807) is 0 Å². The van der Waals surface area contributed by atoms with Crippen LogP contribution in [0, 0.1) is 0 Å². The Hall–Kier alpha value is -1.88. The van der Waals surface area contributed by atoms with Crippen LogP contribution in [0.5, 0.6) is 0 Å². The van der Waals surface area contributed by atoms with E-state index in [9.17, 15) is 0 Å². The molecule has 0 saturated carbocycles. The van der Waals surface area contributed by atoms with Gasteiger partial charge in [0.25, 0.3) is 0 Å². The van der Waals surface area contributed by atoms with Gasteiger partial charge in [-0.3, -0.25) is 0 Å². The third-order valence-electron chi connectivity index (χ3n) is 6.24. The van der Waals surface area contributed by atoms with Gasteiger partial charge in [0.1, 0.15) is 5.82 Å². The third-order valence-corrected chi connectivity index (χ3v) is 6.64. The van der Waals surface area contributed by atoms with Crippen molar-refractivity contribution in [2.24, 2.45) is 0 Å². The van der Waals surface area contributed by atoms with Gasteiger partial charge in [-0.15, -0.1) is 0 Å². The average molecular weight is 397 g/mol. The highest BCUT2D eigenvalue weighted by atomic mass is 35.5. The van der Waals surface area contributed by atoms with Crippen LogP contribution in [0.3, 0.4) is 0 Å². The number of benzene rings is 1. The molecule has 1 fully saturated rings. The van der Waals surface area contributed by atoms with Gasteiger partial charge in [0, 0.05) is 42.5 Å². The molecule has 1 spiro atoms. The molecule has 28 heavy (non-hydrogen) atoms. The van der Waals surface area contributed by atoms with Crippen LogP contribution in [0.1, 0.15) is 36.8 Å². The summed E-state index contributed by atoms with van der Waals surface area (Å²) in [6.45, 7) is 3.16. The number of hydrogen-bond donors (Lipinski definition) is 1. The number of nitrogens with zero attached hydrogens (tertiary/aromatic N) is 1. The van der Waals surface area contributed by atoms with Crippen molar-refractivity contribution in [3.63, 3.8) is 0 Å². The summed E-state index contributed by atoms with van der Waals surface area (Å²) in [5.74, 6) is 0.943. The number of aromatic nitrogens is 1. The number of rotatable bonds is 4. The van der Waals surface area contributed by atoms with Crippen molar-refractivity contribution in [1.82, 2.24) is 4.98 Å². The molecule has 3 heterocycles. The minimum absolute atomic E-state index is 0.0763. The molecule has 146 valence electrons. The summed E-state index contributed by atoms with van der Waals surface area (Å²) < 4.78 is 11.4. The first kappa shape index (κ1) is 18.2. The zero-order valence-electron chi connectivity index (χ0n) is 15.9. The molecule has 0 amide bonds. The molecule has 4 nitrogen and oxygen atoms in total. The van der Waals surface area contributed by atoms with Crippen LogP contribution in [-0.2, 0) is 21.5 Å². The lowest BCUT2D eigenvalue weighted by atomic mass is 9.80. The lowest BCUT2D eigenvalue weighted by Crippen LogP contribution is -2.25. The Balaban J connectivity index is 1.35. The fourth-order valence-corrected chi connectivity index (χ4v) is 4.98. The van der Waals surface area contributed by atoms with Gasteiger partial charge in [-0.1, -0.05) is 48.0 Å². The lowest BCUT2D eigenvalue weighted by Gasteiger charge is -2.24. The van der Waals surface area contributed by atoms with Crippen molar-refractivity contribution in [2.45, 2.75) is 43.8 Å². The summed E-state index contributed by atoms with van der Waals surface area (Å²) in [5, 5.41) is 4.29. The Morgan fingerprint density at radius 2 is 1.89 bits per heavy atom. The van der Waals surface area contributed by atoms with Crippen LogP contribution in [0.2, 0.25) is 5.02 Å². The molecule has 1 N–H and O–H groups in total. The molecule has 0 bridgehead atoms. The van der Waals surface area contributed by atoms with Crippen molar-refractivity contribution in [3.8, 4) is 11.1 Å². The maximum Gasteiger partial charge on any atom is 0.131 e. The molecule has 3 aliphatic rings. The molecule has 2 aromatic rings. The van der Waals surface area contributed by atoms with Gasteiger partial charge in [-0.2, -0.15) is 0 Å². The van der Waals surface area contributed by atoms with Gasteiger partial charge >= 0.3 is 0 Å². The normalized spacial score (nSPS) is 20.5. The molecule has 1 aromatic carbocycles. The predicted octanol–water partition coefficient (Wildman–Crippen LogP) is 5.11. The minimum atomic E-state index is 0.0763. The van der Waals surface area contributed by atoms with E-state index in [4.69, 9.17) is 21.1 Å². The van der Waals surface area contributed by atoms with E-state index in [-0.39, 0.29) is 5.41 Å². The van der Waals surface area contributed by atoms with E-state index in [0.29, 0.717) is 12.7 Å². The predicted molar refractivity (Wildman–Crippen MR) is 112 cm³/mol. The molecule has 0 atom stereocenters. The number of nitrogens with one attached hydrogen (secondary N) is 1. The number of halogens is 1. The van der Waals surface area contributed by atoms with Crippen LogP contribution >= 0.6 is 11.6 Å². The van der Waals surface area contributed by atoms with Gasteiger partial charge in [0.05, 0.1) is 17.7 Å². The van der Waals surface area contributed by atoms with Crippen LogP contribution < -0.4 is 5.32 Å². The second-order valence-corrected chi connectivity index (χ2v) is 8.42. The maximum absolute atomic E-state index is 6.92. The van der Waals surface area contributed by atoms with E-state index in [1.165, 1.54) is 11.1 Å². The van der Waals surface area contributed by atoms with Crippen LogP contribution in [0.25, 0.3) is 11.1 Å². The third kappa shape index (κ3) is 3.24. The molecule has 0 radical (unpaired) electrons. The molecular formula is C23H25ClN2O2. The summed E-state index contributed by atoms with van der Waals surface area (Å²) in [5.41, 5.74) is 4.55. The van der Waals surface area contributed by atoms with Crippen LogP contribution in [-0.4, -0.2) is 30.8 Å². The number of hydrogen-bond acceptors (Lipinski definition) is 4. The first-order chi connectivity index (χ1) is 13.8. The maximum atomic E-state index is 6.92. The standard InChI is InChI=1S/C23H25ClN2O2/c24-21-19(13-25-22-20(21)23(15-26-22)9-1-2-10-23)17-5-3-16(4-6-17)14-28-18-7-11-27-12-8-18/h1-6,13,18H,7-12,14-15H2,(H,25,26). The highest BCUT2D eigenvalue weighted by Crippen LogP contribution is 2.49. The number of fused-ring (bicyclic) bond motifs is 2. The Bertz CT molecular complexity index is 880. The molecule has 0 unspecified atom stereocenters. The molecule has 1 aliphatic carbocycles. The molecule has 5 rings (SSSR count). The Morgan fingerprint density at radius 3 is 2.64 bits per heavy atom. The van der Waals surface area contributed by atoms with Crippen molar-refractivity contribution in [3.05, 3.63) is 58.8 Å². The summed E-state index contributed by atoms with van der Waals surface area (Å²) in [6.07, 6.45) is 10.7. The minimum Gasteiger partial charge on any atom is -0.381 e. The fraction of sp³-hybridized carbons (Fsp3) is 0.435. The number of ether oxygens (including phenoxy) is 2. The summed E-state index contributed by atoms with van der Waals surface area (Å²) in [6, 6.07) is 8.51. The first-order valence-corrected chi connectivity index (χ1v) is 10.5. The summed E-state index contributed by atoms with van der Waals surface area (Å²) in [7, 11) is 0. The molecular weight excluding hydrogens is 372 g/mol. The Labute approximate surface area is 170 Å². The zero-order chi connectivity index (χ0) is 19.0. The van der Waals surface area contributed by atoms with Gasteiger partial charge in [0.2, 0.25) is 0 Å². The van der Waals surface area contributed by atoms with Gasteiger partial charge < -0.3 is 14.8 Å². The number of anilines is 1. The Kier molecular flexibility index (Phi) is 4.87. The number of pyridine rings is 1. The average Bonchev–Trinajstić information content (AvgIpc) is 3.36. The monoisotopic (exact) mass is 396 g/mol. The summed E-state index contributed by atoms with van der Waals surface area (Å²) in [4.78, 5) is 4.68. The first-order valence-electron chi connectivity index (χ1n) is 10.1. The lowest BCUT2D eigenvalue weighted by molar-refractivity contribution is -0.0390. The zero-order valence-corrected chi connectivity index (χ0v) is 16.7. The summed E-state index contributed by atoms with van der Waals surface area (Å²) >= 11 is 6.92.